The second-order valence-corrected chi connectivity index (χ2v) is 11.3. The summed E-state index contributed by atoms with van der Waals surface area (Å²) in [6.45, 7) is 20.7. The van der Waals surface area contributed by atoms with E-state index in [0.717, 1.165) is 5.56 Å². The summed E-state index contributed by atoms with van der Waals surface area (Å²) in [6.07, 6.45) is 3.61. The molecule has 1 unspecified atom stereocenters. The molecule has 1 atom stereocenters. The van der Waals surface area contributed by atoms with Crippen molar-refractivity contribution in [1.82, 2.24) is 4.98 Å². The number of pyridine rings is 1. The summed E-state index contributed by atoms with van der Waals surface area (Å²) in [4.78, 5) is 4.16. The summed E-state index contributed by atoms with van der Waals surface area (Å²) in [7, 11) is 0.466. The van der Waals surface area contributed by atoms with Gasteiger partial charge in [-0.2, -0.15) is 0 Å². The molecule has 0 saturated carbocycles. The highest BCUT2D eigenvalue weighted by atomic mass is 31.1. The van der Waals surface area contributed by atoms with Crippen LogP contribution in [0.3, 0.4) is 0 Å². The fourth-order valence-electron chi connectivity index (χ4n) is 3.00. The third-order valence-corrected chi connectivity index (χ3v) is 5.71. The third kappa shape index (κ3) is 5.67. The largest absolute Gasteiger partial charge is 0.263 e. The number of aromatic nitrogens is 1. The maximum atomic E-state index is 4.16. The van der Waals surface area contributed by atoms with Gasteiger partial charge in [0, 0.05) is 18.0 Å². The molecule has 27 heavy (non-hydrogen) atoms. The SMILES string of the molecule is CC(C)(C)c1cc(C(C)(C)C)c(PC#Cc2cccnc2)c(C(C)(C)C)c1. The summed E-state index contributed by atoms with van der Waals surface area (Å²) in [5.74, 6) is 3.30. The van der Waals surface area contributed by atoms with Crippen molar-refractivity contribution in [2.45, 2.75) is 78.6 Å². The van der Waals surface area contributed by atoms with Crippen molar-refractivity contribution < 1.29 is 0 Å². The van der Waals surface area contributed by atoms with Crippen molar-refractivity contribution in [2.24, 2.45) is 0 Å². The van der Waals surface area contributed by atoms with Gasteiger partial charge in [-0.1, -0.05) is 86.0 Å². The van der Waals surface area contributed by atoms with Gasteiger partial charge in [-0.25, -0.2) is 0 Å². The predicted molar refractivity (Wildman–Crippen MR) is 122 cm³/mol. The van der Waals surface area contributed by atoms with Gasteiger partial charge in [0.15, 0.2) is 0 Å². The van der Waals surface area contributed by atoms with E-state index in [1.54, 1.807) is 6.20 Å². The molecule has 0 spiro atoms. The van der Waals surface area contributed by atoms with Crippen LogP contribution in [0.5, 0.6) is 0 Å². The monoisotopic (exact) mass is 379 g/mol. The molecule has 2 rings (SSSR count). The molecule has 0 amide bonds. The van der Waals surface area contributed by atoms with Crippen LogP contribution in [0.2, 0.25) is 0 Å². The summed E-state index contributed by atoms with van der Waals surface area (Å²) >= 11 is 0. The molecule has 0 aliphatic heterocycles. The van der Waals surface area contributed by atoms with E-state index in [2.05, 4.69) is 91.0 Å². The van der Waals surface area contributed by atoms with Gasteiger partial charge in [0.05, 0.1) is 0 Å². The maximum absolute atomic E-state index is 4.16. The molecule has 0 aliphatic rings. The van der Waals surface area contributed by atoms with Crippen molar-refractivity contribution in [3.05, 3.63) is 58.9 Å². The maximum Gasteiger partial charge on any atom is 0.0432 e. The van der Waals surface area contributed by atoms with Gasteiger partial charge in [-0.15, -0.1) is 0 Å². The van der Waals surface area contributed by atoms with E-state index < -0.39 is 0 Å². The second kappa shape index (κ2) is 7.77. The number of rotatable bonds is 1. The van der Waals surface area contributed by atoms with Crippen molar-refractivity contribution in [3.63, 3.8) is 0 Å². The van der Waals surface area contributed by atoms with Crippen LogP contribution in [0.25, 0.3) is 0 Å². The molecule has 2 heteroatoms. The Balaban J connectivity index is 2.64. The smallest absolute Gasteiger partial charge is 0.0432 e. The quantitative estimate of drug-likeness (QED) is 0.419. The van der Waals surface area contributed by atoms with Crippen LogP contribution in [-0.4, -0.2) is 4.98 Å². The molecule has 0 bridgehead atoms. The number of nitrogens with zero attached hydrogens (tertiary/aromatic N) is 1. The first kappa shape index (κ1) is 21.7. The molecule has 1 heterocycles. The molecule has 1 nitrogen and oxygen atoms in total. The van der Waals surface area contributed by atoms with E-state index in [4.69, 9.17) is 0 Å². The summed E-state index contributed by atoms with van der Waals surface area (Å²) in [5, 5.41) is 1.42. The lowest BCUT2D eigenvalue weighted by Gasteiger charge is -2.33. The average Bonchev–Trinajstić information content (AvgIpc) is 2.52. The first-order valence-electron chi connectivity index (χ1n) is 9.67. The standard InChI is InChI=1S/C25H34NP/c1-23(2,3)19-15-20(24(4,5)6)22(21(16-19)25(7,8)9)27-14-12-18-11-10-13-26-17-18/h10-11,13,15-17,27H,1-9H3. The average molecular weight is 380 g/mol. The number of hydrogen-bond acceptors (Lipinski definition) is 1. The van der Waals surface area contributed by atoms with Crippen LogP contribution >= 0.6 is 8.58 Å². The van der Waals surface area contributed by atoms with Crippen molar-refractivity contribution in [1.29, 1.82) is 0 Å². The Bertz CT molecular complexity index is 813. The van der Waals surface area contributed by atoms with Crippen LogP contribution < -0.4 is 5.30 Å². The van der Waals surface area contributed by atoms with Gasteiger partial charge in [-0.05, 0) is 59.0 Å². The van der Waals surface area contributed by atoms with Crippen molar-refractivity contribution in [3.8, 4) is 11.6 Å². The highest BCUT2D eigenvalue weighted by molar-refractivity contribution is 7.52. The summed E-state index contributed by atoms with van der Waals surface area (Å²) < 4.78 is 0. The van der Waals surface area contributed by atoms with E-state index in [1.807, 2.05) is 18.3 Å². The molecule has 0 radical (unpaired) electrons. The Labute approximate surface area is 168 Å². The molecule has 1 aromatic heterocycles. The van der Waals surface area contributed by atoms with E-state index in [1.165, 1.54) is 22.0 Å². The van der Waals surface area contributed by atoms with Gasteiger partial charge in [0.1, 0.15) is 0 Å². The van der Waals surface area contributed by atoms with E-state index in [0.29, 0.717) is 8.58 Å². The van der Waals surface area contributed by atoms with Crippen LogP contribution in [0, 0.1) is 11.6 Å². The zero-order chi connectivity index (χ0) is 20.5. The molecular weight excluding hydrogens is 345 g/mol. The highest BCUT2D eigenvalue weighted by Crippen LogP contribution is 2.36. The fraction of sp³-hybridized carbons (Fsp3) is 0.480. The highest BCUT2D eigenvalue weighted by Gasteiger charge is 2.28. The van der Waals surface area contributed by atoms with Crippen LogP contribution in [0.15, 0.2) is 36.7 Å². The van der Waals surface area contributed by atoms with Crippen LogP contribution in [-0.2, 0) is 16.2 Å². The summed E-state index contributed by atoms with van der Waals surface area (Å²) in [5.41, 5.74) is 8.98. The molecular formula is C25H34NP. The molecule has 0 N–H and O–H groups in total. The van der Waals surface area contributed by atoms with E-state index in [-0.39, 0.29) is 16.2 Å². The topological polar surface area (TPSA) is 12.9 Å². The Kier molecular flexibility index (Phi) is 6.23. The predicted octanol–water partition coefficient (Wildman–Crippen LogP) is 6.29. The zero-order valence-electron chi connectivity index (χ0n) is 18.4. The molecule has 0 aliphatic carbocycles. The van der Waals surface area contributed by atoms with Crippen molar-refractivity contribution >= 4 is 13.9 Å². The molecule has 1 aromatic carbocycles. The second-order valence-electron chi connectivity index (χ2n) is 10.3. The Morgan fingerprint density at radius 3 is 1.78 bits per heavy atom. The first-order valence-corrected chi connectivity index (χ1v) is 10.7. The number of hydrogen-bond donors (Lipinski definition) is 0. The zero-order valence-corrected chi connectivity index (χ0v) is 19.4. The Morgan fingerprint density at radius 1 is 0.815 bits per heavy atom. The Hall–Kier alpha value is -1.64. The molecule has 0 saturated heterocycles. The minimum atomic E-state index is 0.0829. The van der Waals surface area contributed by atoms with Gasteiger partial charge in [0.2, 0.25) is 0 Å². The summed E-state index contributed by atoms with van der Waals surface area (Å²) in [6, 6.07) is 8.79. The molecule has 0 fully saturated rings. The first-order chi connectivity index (χ1) is 12.3. The lowest BCUT2D eigenvalue weighted by Crippen LogP contribution is -2.30. The van der Waals surface area contributed by atoms with Gasteiger partial charge >= 0.3 is 0 Å². The normalized spacial score (nSPS) is 12.9. The molecule has 2 aromatic rings. The van der Waals surface area contributed by atoms with E-state index in [9.17, 15) is 0 Å². The van der Waals surface area contributed by atoms with Gasteiger partial charge < -0.3 is 0 Å². The third-order valence-electron chi connectivity index (χ3n) is 4.68. The lowest BCUT2D eigenvalue weighted by atomic mass is 9.75. The van der Waals surface area contributed by atoms with Crippen LogP contribution in [0.4, 0.5) is 0 Å². The van der Waals surface area contributed by atoms with Crippen molar-refractivity contribution in [2.75, 3.05) is 0 Å². The van der Waals surface area contributed by atoms with Crippen LogP contribution in [0.1, 0.15) is 84.6 Å². The lowest BCUT2D eigenvalue weighted by molar-refractivity contribution is 0.554. The van der Waals surface area contributed by atoms with E-state index >= 15 is 0 Å². The number of benzene rings is 1. The minimum Gasteiger partial charge on any atom is -0.263 e. The molecule has 144 valence electrons. The fourth-order valence-corrected chi connectivity index (χ4v) is 4.49. The Morgan fingerprint density at radius 2 is 1.37 bits per heavy atom. The van der Waals surface area contributed by atoms with Gasteiger partial charge in [0.25, 0.3) is 0 Å². The minimum absolute atomic E-state index is 0.0829. The van der Waals surface area contributed by atoms with Gasteiger partial charge in [-0.3, -0.25) is 4.98 Å².